The Morgan fingerprint density at radius 3 is 2.56 bits per heavy atom. The van der Waals surface area contributed by atoms with E-state index in [0.717, 1.165) is 17.1 Å². The van der Waals surface area contributed by atoms with Crippen molar-refractivity contribution < 1.29 is 14.3 Å². The Morgan fingerprint density at radius 1 is 1.12 bits per heavy atom. The van der Waals surface area contributed by atoms with Crippen LogP contribution in [0.25, 0.3) is 0 Å². The van der Waals surface area contributed by atoms with Gasteiger partial charge in [-0.2, -0.15) is 0 Å². The molecule has 4 heteroatoms. The van der Waals surface area contributed by atoms with E-state index in [-0.39, 0.29) is 29.8 Å². The summed E-state index contributed by atoms with van der Waals surface area (Å²) in [7, 11) is 0. The van der Waals surface area contributed by atoms with Crippen LogP contribution in [0.15, 0.2) is 66.2 Å². The van der Waals surface area contributed by atoms with E-state index < -0.39 is 0 Å². The zero-order valence-corrected chi connectivity index (χ0v) is 15.1. The number of rotatable bonds is 6. The van der Waals surface area contributed by atoms with Crippen LogP contribution in [0.1, 0.15) is 19.4 Å². The molecule has 0 radical (unpaired) electrons. The SMILES string of the molecule is CC1(C)C(C=CCl)C1C(=O)OCc1cccc(Oc2ccccc2)c1. The van der Waals surface area contributed by atoms with E-state index in [1.807, 2.05) is 60.7 Å². The van der Waals surface area contributed by atoms with Gasteiger partial charge in [0, 0.05) is 5.54 Å². The summed E-state index contributed by atoms with van der Waals surface area (Å²) in [4.78, 5) is 12.3. The van der Waals surface area contributed by atoms with E-state index in [4.69, 9.17) is 21.1 Å². The molecule has 2 atom stereocenters. The van der Waals surface area contributed by atoms with Crippen molar-refractivity contribution in [1.29, 1.82) is 0 Å². The zero-order chi connectivity index (χ0) is 17.9. The third-order valence-corrected chi connectivity index (χ3v) is 4.85. The Labute approximate surface area is 153 Å². The zero-order valence-electron chi connectivity index (χ0n) is 14.3. The number of hydrogen-bond donors (Lipinski definition) is 0. The van der Waals surface area contributed by atoms with Crippen molar-refractivity contribution in [3.05, 3.63) is 71.8 Å². The van der Waals surface area contributed by atoms with Gasteiger partial charge in [0.15, 0.2) is 0 Å². The molecule has 0 N–H and O–H groups in total. The molecule has 2 aromatic carbocycles. The summed E-state index contributed by atoms with van der Waals surface area (Å²) < 4.78 is 11.3. The van der Waals surface area contributed by atoms with Crippen LogP contribution in [0.2, 0.25) is 0 Å². The van der Waals surface area contributed by atoms with Gasteiger partial charge in [-0.05, 0) is 41.2 Å². The fourth-order valence-corrected chi connectivity index (χ4v) is 3.29. The monoisotopic (exact) mass is 356 g/mol. The highest BCUT2D eigenvalue weighted by atomic mass is 35.5. The first-order chi connectivity index (χ1) is 12.0. The van der Waals surface area contributed by atoms with E-state index in [2.05, 4.69) is 13.8 Å². The van der Waals surface area contributed by atoms with Gasteiger partial charge in [0.1, 0.15) is 18.1 Å². The van der Waals surface area contributed by atoms with Gasteiger partial charge in [0.2, 0.25) is 0 Å². The van der Waals surface area contributed by atoms with Crippen LogP contribution in [-0.4, -0.2) is 5.97 Å². The maximum absolute atomic E-state index is 12.3. The topological polar surface area (TPSA) is 35.5 Å². The Morgan fingerprint density at radius 2 is 1.84 bits per heavy atom. The Balaban J connectivity index is 1.59. The highest BCUT2D eigenvalue weighted by molar-refractivity contribution is 6.25. The molecule has 1 aliphatic carbocycles. The summed E-state index contributed by atoms with van der Waals surface area (Å²) in [6.45, 7) is 4.33. The molecule has 1 aliphatic rings. The standard InChI is InChI=1S/C21H21ClO3/c1-21(2)18(11-12-22)19(21)20(23)24-14-15-7-6-10-17(13-15)25-16-8-4-3-5-9-16/h3-13,18-19H,14H2,1-2H3. The van der Waals surface area contributed by atoms with Gasteiger partial charge in [-0.15, -0.1) is 0 Å². The van der Waals surface area contributed by atoms with Crippen molar-refractivity contribution in [2.45, 2.75) is 20.5 Å². The highest BCUT2D eigenvalue weighted by Crippen LogP contribution is 2.59. The molecule has 1 saturated carbocycles. The number of carbonyl (C=O) groups is 1. The molecule has 1 fully saturated rings. The molecule has 3 rings (SSSR count). The van der Waals surface area contributed by atoms with Gasteiger partial charge in [-0.3, -0.25) is 4.79 Å². The molecule has 0 saturated heterocycles. The van der Waals surface area contributed by atoms with Crippen molar-refractivity contribution in [3.8, 4) is 11.5 Å². The van der Waals surface area contributed by atoms with Crippen molar-refractivity contribution in [1.82, 2.24) is 0 Å². The highest BCUT2D eigenvalue weighted by Gasteiger charge is 2.61. The largest absolute Gasteiger partial charge is 0.461 e. The van der Waals surface area contributed by atoms with Crippen LogP contribution in [0.5, 0.6) is 11.5 Å². The Kier molecular flexibility index (Phi) is 5.14. The predicted octanol–water partition coefficient (Wildman–Crippen LogP) is 5.55. The fraction of sp³-hybridized carbons (Fsp3) is 0.286. The van der Waals surface area contributed by atoms with Crippen molar-refractivity contribution in [2.75, 3.05) is 0 Å². The summed E-state index contributed by atoms with van der Waals surface area (Å²) in [5.41, 5.74) is 2.27. The number of hydrogen-bond acceptors (Lipinski definition) is 3. The van der Waals surface area contributed by atoms with Crippen molar-refractivity contribution in [3.63, 3.8) is 0 Å². The van der Waals surface area contributed by atoms with Gasteiger partial charge in [0.25, 0.3) is 0 Å². The summed E-state index contributed by atoms with van der Waals surface area (Å²) in [6.07, 6.45) is 1.86. The van der Waals surface area contributed by atoms with Gasteiger partial charge in [-0.25, -0.2) is 0 Å². The number of benzene rings is 2. The Bertz CT molecular complexity index is 768. The average molecular weight is 357 g/mol. The van der Waals surface area contributed by atoms with Crippen LogP contribution in [0.3, 0.4) is 0 Å². The van der Waals surface area contributed by atoms with E-state index in [0.29, 0.717) is 0 Å². The third kappa shape index (κ3) is 4.05. The number of para-hydroxylation sites is 1. The molecule has 0 spiro atoms. The second-order valence-corrected chi connectivity index (χ2v) is 7.07. The molecular weight excluding hydrogens is 336 g/mol. The first kappa shape index (κ1) is 17.6. The summed E-state index contributed by atoms with van der Waals surface area (Å²) in [5.74, 6) is 1.32. The van der Waals surface area contributed by atoms with Gasteiger partial charge in [0.05, 0.1) is 5.92 Å². The molecule has 3 nitrogen and oxygen atoms in total. The molecule has 0 aromatic heterocycles. The lowest BCUT2D eigenvalue weighted by Crippen LogP contribution is -2.10. The van der Waals surface area contributed by atoms with Crippen LogP contribution < -0.4 is 4.74 Å². The molecule has 0 bridgehead atoms. The van der Waals surface area contributed by atoms with E-state index >= 15 is 0 Å². The molecule has 25 heavy (non-hydrogen) atoms. The number of halogens is 1. The molecular formula is C21H21ClO3. The lowest BCUT2D eigenvalue weighted by atomic mass is 10.1. The van der Waals surface area contributed by atoms with Crippen LogP contribution in [0.4, 0.5) is 0 Å². The summed E-state index contributed by atoms with van der Waals surface area (Å²) in [6, 6.07) is 17.1. The van der Waals surface area contributed by atoms with Crippen LogP contribution in [0, 0.1) is 17.3 Å². The molecule has 2 aromatic rings. The second kappa shape index (κ2) is 7.32. The lowest BCUT2D eigenvalue weighted by Gasteiger charge is -2.09. The first-order valence-corrected chi connectivity index (χ1v) is 8.71. The van der Waals surface area contributed by atoms with Gasteiger partial charge < -0.3 is 9.47 Å². The fourth-order valence-electron chi connectivity index (χ4n) is 3.13. The van der Waals surface area contributed by atoms with E-state index in [9.17, 15) is 4.79 Å². The second-order valence-electron chi connectivity index (χ2n) is 6.81. The first-order valence-electron chi connectivity index (χ1n) is 8.28. The number of allylic oxidation sites excluding steroid dienone is 1. The van der Waals surface area contributed by atoms with Gasteiger partial charge >= 0.3 is 5.97 Å². The molecule has 2 unspecified atom stereocenters. The number of carbonyl (C=O) groups excluding carboxylic acids is 1. The van der Waals surface area contributed by atoms with Crippen LogP contribution >= 0.6 is 11.6 Å². The minimum absolute atomic E-state index is 0.0965. The quantitative estimate of drug-likeness (QED) is 0.637. The van der Waals surface area contributed by atoms with E-state index in [1.54, 1.807) is 0 Å². The number of ether oxygens (including phenoxy) is 2. The maximum atomic E-state index is 12.3. The third-order valence-electron chi connectivity index (χ3n) is 4.70. The summed E-state index contributed by atoms with van der Waals surface area (Å²) in [5, 5.41) is 0. The van der Waals surface area contributed by atoms with Gasteiger partial charge in [-0.1, -0.05) is 61.9 Å². The maximum Gasteiger partial charge on any atom is 0.310 e. The lowest BCUT2D eigenvalue weighted by molar-refractivity contribution is -0.147. The van der Waals surface area contributed by atoms with Crippen LogP contribution in [-0.2, 0) is 16.1 Å². The average Bonchev–Trinajstić information content (AvgIpc) is 3.15. The van der Waals surface area contributed by atoms with Crippen molar-refractivity contribution >= 4 is 17.6 Å². The predicted molar refractivity (Wildman–Crippen MR) is 98.5 cm³/mol. The summed E-state index contributed by atoms with van der Waals surface area (Å²) >= 11 is 5.64. The molecule has 0 heterocycles. The van der Waals surface area contributed by atoms with Crippen molar-refractivity contribution in [2.24, 2.45) is 17.3 Å². The molecule has 0 amide bonds. The minimum atomic E-state index is -0.181. The molecule has 130 valence electrons. The normalized spacial score (nSPS) is 21.1. The minimum Gasteiger partial charge on any atom is -0.461 e. The molecule has 0 aliphatic heterocycles. The smallest absolute Gasteiger partial charge is 0.310 e. The number of esters is 1. The Hall–Kier alpha value is -2.26. The van der Waals surface area contributed by atoms with E-state index in [1.165, 1.54) is 5.54 Å².